The second kappa shape index (κ2) is 4.02. The first-order valence-corrected chi connectivity index (χ1v) is 5.59. The van der Waals surface area contributed by atoms with Crippen molar-refractivity contribution < 1.29 is 9.90 Å². The molecule has 0 fully saturated rings. The van der Waals surface area contributed by atoms with Crippen LogP contribution in [0, 0.1) is 13.8 Å². The molecule has 5 heteroatoms. The molecule has 2 rings (SSSR count). The molecule has 2 aromatic rings. The van der Waals surface area contributed by atoms with Crippen LogP contribution in [-0.4, -0.2) is 21.0 Å². The van der Waals surface area contributed by atoms with E-state index in [0.29, 0.717) is 11.5 Å². The van der Waals surface area contributed by atoms with Gasteiger partial charge in [0.25, 0.3) is 0 Å². The van der Waals surface area contributed by atoms with E-state index in [-0.39, 0.29) is 5.56 Å². The molecule has 0 aromatic carbocycles. The summed E-state index contributed by atoms with van der Waals surface area (Å²) in [6, 6.07) is 1.99. The lowest BCUT2D eigenvalue weighted by Crippen LogP contribution is -2.04. The van der Waals surface area contributed by atoms with E-state index < -0.39 is 5.97 Å². The predicted octanol–water partition coefficient (Wildman–Crippen LogP) is 2.52. The van der Waals surface area contributed by atoms with E-state index in [1.165, 1.54) is 6.20 Å². The number of thiophene rings is 1. The van der Waals surface area contributed by atoms with Gasteiger partial charge in [-0.25, -0.2) is 14.8 Å². The van der Waals surface area contributed by atoms with Crippen LogP contribution in [0.5, 0.6) is 0 Å². The number of hydrogen-bond acceptors (Lipinski definition) is 4. The summed E-state index contributed by atoms with van der Waals surface area (Å²) in [6.45, 7) is 3.66. The van der Waals surface area contributed by atoms with E-state index in [1.54, 1.807) is 18.3 Å². The lowest BCUT2D eigenvalue weighted by molar-refractivity contribution is 0.0695. The van der Waals surface area contributed by atoms with Crippen molar-refractivity contribution in [1.82, 2.24) is 9.97 Å². The Morgan fingerprint density at radius 1 is 1.44 bits per heavy atom. The maximum absolute atomic E-state index is 10.8. The number of carboxylic acids is 1. The summed E-state index contributed by atoms with van der Waals surface area (Å²) >= 11 is 1.55. The minimum atomic E-state index is -0.994. The van der Waals surface area contributed by atoms with Crippen LogP contribution in [0.4, 0.5) is 0 Å². The molecule has 0 aliphatic rings. The van der Waals surface area contributed by atoms with Gasteiger partial charge in [-0.15, -0.1) is 11.3 Å². The van der Waals surface area contributed by atoms with Crippen molar-refractivity contribution in [3.05, 3.63) is 34.5 Å². The molecular weight excluding hydrogens is 224 g/mol. The molecule has 16 heavy (non-hydrogen) atoms. The minimum Gasteiger partial charge on any atom is -0.478 e. The Hall–Kier alpha value is -1.75. The molecule has 4 nitrogen and oxygen atoms in total. The Morgan fingerprint density at radius 2 is 2.19 bits per heavy atom. The van der Waals surface area contributed by atoms with Gasteiger partial charge in [0.15, 0.2) is 5.82 Å². The third-order valence-corrected chi connectivity index (χ3v) is 3.29. The molecule has 0 bridgehead atoms. The Bertz CT molecular complexity index is 549. The summed E-state index contributed by atoms with van der Waals surface area (Å²) < 4.78 is 0. The highest BCUT2D eigenvalue weighted by atomic mass is 32.1. The maximum Gasteiger partial charge on any atom is 0.339 e. The molecular formula is C11H10N2O2S. The highest BCUT2D eigenvalue weighted by Crippen LogP contribution is 2.26. The lowest BCUT2D eigenvalue weighted by Gasteiger charge is -2.02. The van der Waals surface area contributed by atoms with Crippen LogP contribution in [0.3, 0.4) is 0 Å². The first-order valence-electron chi connectivity index (χ1n) is 4.71. The normalized spacial score (nSPS) is 10.4. The van der Waals surface area contributed by atoms with Crippen molar-refractivity contribution in [2.24, 2.45) is 0 Å². The van der Waals surface area contributed by atoms with Crippen molar-refractivity contribution >= 4 is 17.3 Å². The van der Waals surface area contributed by atoms with Gasteiger partial charge in [-0.05, 0) is 30.9 Å². The van der Waals surface area contributed by atoms with Gasteiger partial charge in [-0.3, -0.25) is 0 Å². The first kappa shape index (κ1) is 10.8. The Morgan fingerprint density at radius 3 is 2.69 bits per heavy atom. The zero-order chi connectivity index (χ0) is 11.7. The van der Waals surface area contributed by atoms with Crippen molar-refractivity contribution in [3.8, 4) is 10.7 Å². The van der Waals surface area contributed by atoms with E-state index in [4.69, 9.17) is 5.11 Å². The predicted molar refractivity (Wildman–Crippen MR) is 61.8 cm³/mol. The molecule has 0 aliphatic heterocycles. The fourth-order valence-electron chi connectivity index (χ4n) is 1.39. The third-order valence-electron chi connectivity index (χ3n) is 2.27. The average molecular weight is 234 g/mol. The van der Waals surface area contributed by atoms with Crippen LogP contribution in [0.1, 0.15) is 21.6 Å². The SMILES string of the molecule is Cc1ccsc1-c1ncc(C(=O)O)c(C)n1. The number of aromatic nitrogens is 2. The quantitative estimate of drug-likeness (QED) is 0.867. The topological polar surface area (TPSA) is 63.1 Å². The molecule has 0 amide bonds. The van der Waals surface area contributed by atoms with Gasteiger partial charge in [-0.2, -0.15) is 0 Å². The van der Waals surface area contributed by atoms with Gasteiger partial charge in [0.1, 0.15) is 0 Å². The summed E-state index contributed by atoms with van der Waals surface area (Å²) in [5.74, 6) is -0.401. The molecule has 0 saturated heterocycles. The molecule has 0 radical (unpaired) electrons. The second-order valence-corrected chi connectivity index (χ2v) is 4.35. The highest BCUT2D eigenvalue weighted by molar-refractivity contribution is 7.13. The number of aromatic carboxylic acids is 1. The van der Waals surface area contributed by atoms with Gasteiger partial charge in [0.2, 0.25) is 0 Å². The van der Waals surface area contributed by atoms with Crippen molar-refractivity contribution in [1.29, 1.82) is 0 Å². The Kier molecular flexibility index (Phi) is 2.70. The van der Waals surface area contributed by atoms with E-state index in [0.717, 1.165) is 10.4 Å². The molecule has 2 aromatic heterocycles. The summed E-state index contributed by atoms with van der Waals surface area (Å²) in [5.41, 5.74) is 1.75. The number of nitrogens with zero attached hydrogens (tertiary/aromatic N) is 2. The molecule has 0 spiro atoms. The number of carbonyl (C=O) groups is 1. The Balaban J connectivity index is 2.50. The van der Waals surface area contributed by atoms with Crippen LogP contribution in [0.25, 0.3) is 10.7 Å². The van der Waals surface area contributed by atoms with Crippen molar-refractivity contribution in [2.75, 3.05) is 0 Å². The fourth-order valence-corrected chi connectivity index (χ4v) is 2.25. The second-order valence-electron chi connectivity index (χ2n) is 3.43. The van der Waals surface area contributed by atoms with Gasteiger partial charge in [0, 0.05) is 6.20 Å². The van der Waals surface area contributed by atoms with Gasteiger partial charge in [-0.1, -0.05) is 0 Å². The smallest absolute Gasteiger partial charge is 0.339 e. The number of carboxylic acid groups (broad SMARTS) is 1. The lowest BCUT2D eigenvalue weighted by atomic mass is 10.2. The summed E-state index contributed by atoms with van der Waals surface area (Å²) in [6.07, 6.45) is 1.36. The largest absolute Gasteiger partial charge is 0.478 e. The van der Waals surface area contributed by atoms with Crippen LogP contribution < -0.4 is 0 Å². The molecule has 82 valence electrons. The molecule has 0 saturated carbocycles. The summed E-state index contributed by atoms with van der Waals surface area (Å²) in [4.78, 5) is 20.1. The van der Waals surface area contributed by atoms with Crippen LogP contribution in [-0.2, 0) is 0 Å². The fraction of sp³-hybridized carbons (Fsp3) is 0.182. The zero-order valence-corrected chi connectivity index (χ0v) is 9.71. The highest BCUT2D eigenvalue weighted by Gasteiger charge is 2.12. The zero-order valence-electron chi connectivity index (χ0n) is 8.89. The van der Waals surface area contributed by atoms with E-state index in [2.05, 4.69) is 9.97 Å². The monoisotopic (exact) mass is 234 g/mol. The van der Waals surface area contributed by atoms with E-state index in [1.807, 2.05) is 18.4 Å². The maximum atomic E-state index is 10.8. The van der Waals surface area contributed by atoms with Gasteiger partial charge in [0.05, 0.1) is 16.1 Å². The van der Waals surface area contributed by atoms with Crippen LogP contribution in [0.2, 0.25) is 0 Å². The van der Waals surface area contributed by atoms with E-state index >= 15 is 0 Å². The first-order chi connectivity index (χ1) is 7.59. The van der Waals surface area contributed by atoms with Crippen LogP contribution in [0.15, 0.2) is 17.6 Å². The molecule has 0 aliphatic carbocycles. The summed E-state index contributed by atoms with van der Waals surface area (Å²) in [7, 11) is 0. The van der Waals surface area contributed by atoms with Crippen molar-refractivity contribution in [2.45, 2.75) is 13.8 Å². The van der Waals surface area contributed by atoms with Gasteiger partial charge < -0.3 is 5.11 Å². The van der Waals surface area contributed by atoms with Crippen molar-refractivity contribution in [3.63, 3.8) is 0 Å². The number of aryl methyl sites for hydroxylation is 2. The van der Waals surface area contributed by atoms with Gasteiger partial charge >= 0.3 is 5.97 Å². The number of rotatable bonds is 2. The van der Waals surface area contributed by atoms with Crippen LogP contribution >= 0.6 is 11.3 Å². The molecule has 0 unspecified atom stereocenters. The standard InChI is InChI=1S/C11H10N2O2S/c1-6-3-4-16-9(6)10-12-5-8(11(14)15)7(2)13-10/h3-5H,1-2H3,(H,14,15). The summed E-state index contributed by atoms with van der Waals surface area (Å²) in [5, 5.41) is 10.8. The molecule has 0 atom stereocenters. The Labute approximate surface area is 96.6 Å². The molecule has 1 N–H and O–H groups in total. The van der Waals surface area contributed by atoms with E-state index in [9.17, 15) is 4.79 Å². The molecule has 2 heterocycles. The average Bonchev–Trinajstić information content (AvgIpc) is 2.63. The number of hydrogen-bond donors (Lipinski definition) is 1. The minimum absolute atomic E-state index is 0.151. The third kappa shape index (κ3) is 1.81.